The van der Waals surface area contributed by atoms with Gasteiger partial charge < -0.3 is 25.4 Å². The molecule has 3 amide bonds. The van der Waals surface area contributed by atoms with Crippen LogP contribution < -0.4 is 20.7 Å². The molecule has 0 heterocycles. The summed E-state index contributed by atoms with van der Waals surface area (Å²) in [5.74, 6) is 0.0551. The average Bonchev–Trinajstić information content (AvgIpc) is 2.60. The molecule has 29 heavy (non-hydrogen) atoms. The van der Waals surface area contributed by atoms with Gasteiger partial charge in [-0.2, -0.15) is 0 Å². The van der Waals surface area contributed by atoms with Crippen LogP contribution in [0.4, 0.5) is 4.79 Å². The molecule has 0 saturated heterocycles. The highest BCUT2D eigenvalue weighted by Gasteiger charge is 2.16. The molecule has 1 aromatic rings. The molecule has 0 fully saturated rings. The fraction of sp³-hybridized carbons (Fsp3) is 0.526. The van der Waals surface area contributed by atoms with Gasteiger partial charge >= 0.3 is 6.09 Å². The van der Waals surface area contributed by atoms with Gasteiger partial charge in [-0.15, -0.1) is 0 Å². The molecule has 8 nitrogen and oxygen atoms in total. The maximum atomic E-state index is 11.8. The zero-order chi connectivity index (χ0) is 21.9. The van der Waals surface area contributed by atoms with Crippen molar-refractivity contribution >= 4 is 45.4 Å². The number of halogens is 2. The van der Waals surface area contributed by atoms with Crippen LogP contribution in [-0.2, 0) is 14.3 Å². The molecule has 0 aliphatic heterocycles. The second-order valence-corrected chi connectivity index (χ2v) is 8.40. The molecule has 0 aromatic heterocycles. The quantitative estimate of drug-likeness (QED) is 0.435. The number of rotatable bonds is 10. The lowest BCUT2D eigenvalue weighted by atomic mass is 10.2. The van der Waals surface area contributed by atoms with Gasteiger partial charge in [0, 0.05) is 24.0 Å². The second-order valence-electron chi connectivity index (χ2n) is 7.08. The minimum absolute atomic E-state index is 0.142. The summed E-state index contributed by atoms with van der Waals surface area (Å²) in [6.07, 6.45) is 0.166. The first-order valence-corrected chi connectivity index (χ1v) is 10.3. The van der Waals surface area contributed by atoms with Crippen molar-refractivity contribution in [2.45, 2.75) is 39.2 Å². The van der Waals surface area contributed by atoms with Gasteiger partial charge in [-0.05, 0) is 45.4 Å². The predicted octanol–water partition coefficient (Wildman–Crippen LogP) is 3.02. The lowest BCUT2D eigenvalue weighted by molar-refractivity contribution is -0.122. The minimum Gasteiger partial charge on any atom is -0.492 e. The maximum Gasteiger partial charge on any atom is 0.408 e. The van der Waals surface area contributed by atoms with Gasteiger partial charge in [-0.25, -0.2) is 4.79 Å². The van der Waals surface area contributed by atoms with E-state index in [9.17, 15) is 14.4 Å². The first kappa shape index (κ1) is 25.0. The summed E-state index contributed by atoms with van der Waals surface area (Å²) >= 11 is 9.37. The minimum atomic E-state index is -0.660. The van der Waals surface area contributed by atoms with E-state index in [4.69, 9.17) is 21.1 Å². The highest BCUT2D eigenvalue weighted by Crippen LogP contribution is 2.27. The number of amides is 3. The smallest absolute Gasteiger partial charge is 0.408 e. The van der Waals surface area contributed by atoms with Crippen LogP contribution in [-0.4, -0.2) is 49.7 Å². The van der Waals surface area contributed by atoms with Crippen molar-refractivity contribution in [2.75, 3.05) is 26.2 Å². The summed E-state index contributed by atoms with van der Waals surface area (Å²) in [7, 11) is 0. The molecule has 0 radical (unpaired) electrons. The number of alkyl carbamates (subject to hydrolysis) is 1. The van der Waals surface area contributed by atoms with Crippen molar-refractivity contribution in [2.24, 2.45) is 0 Å². The van der Waals surface area contributed by atoms with E-state index in [1.807, 2.05) is 6.07 Å². The first-order chi connectivity index (χ1) is 13.6. The van der Waals surface area contributed by atoms with Crippen LogP contribution >= 0.6 is 27.5 Å². The molecule has 1 rings (SSSR count). The van der Waals surface area contributed by atoms with Crippen molar-refractivity contribution in [1.29, 1.82) is 0 Å². The van der Waals surface area contributed by atoms with Crippen molar-refractivity contribution in [3.63, 3.8) is 0 Å². The average molecular weight is 493 g/mol. The summed E-state index contributed by atoms with van der Waals surface area (Å²) < 4.78 is 11.4. The molecule has 0 aliphatic rings. The molecule has 3 N–H and O–H groups in total. The Labute approximate surface area is 184 Å². The monoisotopic (exact) mass is 491 g/mol. The SMILES string of the molecule is CC(C)(C)OC(=O)NCC(=O)NCCNC(=O)CCCOc1ccc(Br)cc1Cl. The zero-order valence-corrected chi connectivity index (χ0v) is 19.1. The Balaban J connectivity index is 2.07. The van der Waals surface area contributed by atoms with E-state index in [1.165, 1.54) is 0 Å². The van der Waals surface area contributed by atoms with Gasteiger partial charge in [0.05, 0.1) is 18.2 Å². The van der Waals surface area contributed by atoms with Gasteiger partial charge in [-0.3, -0.25) is 9.59 Å². The third-order valence-corrected chi connectivity index (χ3v) is 4.05. The third-order valence-electron chi connectivity index (χ3n) is 3.26. The zero-order valence-electron chi connectivity index (χ0n) is 16.8. The lowest BCUT2D eigenvalue weighted by Crippen LogP contribution is -2.42. The van der Waals surface area contributed by atoms with Crippen LogP contribution in [0.1, 0.15) is 33.6 Å². The van der Waals surface area contributed by atoms with Crippen LogP contribution in [0.25, 0.3) is 0 Å². The second kappa shape index (κ2) is 12.5. The van der Waals surface area contributed by atoms with Gasteiger partial charge in [0.25, 0.3) is 0 Å². The number of hydrogen-bond acceptors (Lipinski definition) is 5. The number of ether oxygens (including phenoxy) is 2. The summed E-state index contributed by atoms with van der Waals surface area (Å²) in [6.45, 7) is 5.91. The van der Waals surface area contributed by atoms with E-state index in [0.29, 0.717) is 30.2 Å². The standard InChI is InChI=1S/C19H27BrClN3O5/c1-19(2,3)29-18(27)24-12-17(26)23-9-8-22-16(25)5-4-10-28-15-7-6-13(20)11-14(15)21/h6-7,11H,4-5,8-10,12H2,1-3H3,(H,22,25)(H,23,26)(H,24,27). The van der Waals surface area contributed by atoms with Crippen LogP contribution in [0.5, 0.6) is 5.75 Å². The van der Waals surface area contributed by atoms with E-state index in [-0.39, 0.29) is 31.4 Å². The Kier molecular flexibility index (Phi) is 10.8. The number of carbonyl (C=O) groups is 3. The summed E-state index contributed by atoms with van der Waals surface area (Å²) in [5.41, 5.74) is -0.625. The number of benzene rings is 1. The van der Waals surface area contributed by atoms with Crippen LogP contribution in [0.2, 0.25) is 5.02 Å². The molecular weight excluding hydrogens is 466 g/mol. The Morgan fingerprint density at radius 3 is 2.34 bits per heavy atom. The van der Waals surface area contributed by atoms with Crippen molar-refractivity contribution in [1.82, 2.24) is 16.0 Å². The van der Waals surface area contributed by atoms with Crippen molar-refractivity contribution in [3.05, 3.63) is 27.7 Å². The molecule has 0 spiro atoms. The van der Waals surface area contributed by atoms with E-state index < -0.39 is 11.7 Å². The van der Waals surface area contributed by atoms with Crippen molar-refractivity contribution in [3.8, 4) is 5.75 Å². The van der Waals surface area contributed by atoms with Crippen LogP contribution in [0.15, 0.2) is 22.7 Å². The Hall–Kier alpha value is -2.00. The summed E-state index contributed by atoms with van der Waals surface area (Å²) in [5, 5.41) is 8.14. The van der Waals surface area contributed by atoms with E-state index >= 15 is 0 Å². The molecule has 162 valence electrons. The van der Waals surface area contributed by atoms with Crippen LogP contribution in [0.3, 0.4) is 0 Å². The van der Waals surface area contributed by atoms with Gasteiger partial charge in [0.1, 0.15) is 11.4 Å². The summed E-state index contributed by atoms with van der Waals surface area (Å²) in [6, 6.07) is 5.32. The van der Waals surface area contributed by atoms with E-state index in [2.05, 4.69) is 31.9 Å². The fourth-order valence-electron chi connectivity index (χ4n) is 2.03. The number of nitrogens with one attached hydrogen (secondary N) is 3. The van der Waals surface area contributed by atoms with Gasteiger partial charge in [0.15, 0.2) is 0 Å². The fourth-order valence-corrected chi connectivity index (χ4v) is 2.76. The van der Waals surface area contributed by atoms with Crippen molar-refractivity contribution < 1.29 is 23.9 Å². The largest absolute Gasteiger partial charge is 0.492 e. The normalized spacial score (nSPS) is 10.8. The number of hydrogen-bond donors (Lipinski definition) is 3. The van der Waals surface area contributed by atoms with Crippen LogP contribution in [0, 0.1) is 0 Å². The Morgan fingerprint density at radius 1 is 1.07 bits per heavy atom. The molecule has 1 aromatic carbocycles. The van der Waals surface area contributed by atoms with Gasteiger partial charge in [-0.1, -0.05) is 27.5 Å². The Bertz CT molecular complexity index is 710. The molecular formula is C19H27BrClN3O5. The predicted molar refractivity (Wildman–Crippen MR) is 114 cm³/mol. The first-order valence-electron chi connectivity index (χ1n) is 9.15. The lowest BCUT2D eigenvalue weighted by Gasteiger charge is -2.19. The molecule has 0 unspecified atom stereocenters. The molecule has 0 bridgehead atoms. The highest BCUT2D eigenvalue weighted by molar-refractivity contribution is 9.10. The van der Waals surface area contributed by atoms with E-state index in [0.717, 1.165) is 4.47 Å². The molecule has 0 aliphatic carbocycles. The third kappa shape index (κ3) is 12.2. The topological polar surface area (TPSA) is 106 Å². The maximum absolute atomic E-state index is 11.8. The Morgan fingerprint density at radius 2 is 1.72 bits per heavy atom. The van der Waals surface area contributed by atoms with Gasteiger partial charge in [0.2, 0.25) is 11.8 Å². The molecule has 0 saturated carbocycles. The molecule has 0 atom stereocenters. The number of carbonyl (C=O) groups excluding carboxylic acids is 3. The highest BCUT2D eigenvalue weighted by atomic mass is 79.9. The van der Waals surface area contributed by atoms with E-state index in [1.54, 1.807) is 32.9 Å². The molecule has 10 heteroatoms. The summed E-state index contributed by atoms with van der Waals surface area (Å²) in [4.78, 5) is 34.8.